The zero-order valence-corrected chi connectivity index (χ0v) is 23.7. The van der Waals surface area contributed by atoms with Crippen LogP contribution >= 0.6 is 0 Å². The highest BCUT2D eigenvalue weighted by Crippen LogP contribution is 2.79. The number of benzene rings is 2. The second-order valence-corrected chi connectivity index (χ2v) is 14.3. The molecule has 1 heterocycles. The van der Waals surface area contributed by atoms with E-state index in [1.54, 1.807) is 0 Å². The molecule has 4 nitrogen and oxygen atoms in total. The molecule has 8 rings (SSSR count). The molecular formula is C35H45NO3. The van der Waals surface area contributed by atoms with Crippen LogP contribution in [0.3, 0.4) is 0 Å². The van der Waals surface area contributed by atoms with Crippen molar-refractivity contribution in [1.82, 2.24) is 4.90 Å². The van der Waals surface area contributed by atoms with Crippen LogP contribution in [-0.2, 0) is 22.7 Å². The van der Waals surface area contributed by atoms with Gasteiger partial charge in [0, 0.05) is 29.8 Å². The first-order chi connectivity index (χ1) is 19.0. The van der Waals surface area contributed by atoms with Gasteiger partial charge in [-0.1, -0.05) is 74.5 Å². The van der Waals surface area contributed by atoms with Gasteiger partial charge in [-0.2, -0.15) is 0 Å². The molecule has 1 N–H and O–H groups in total. The summed E-state index contributed by atoms with van der Waals surface area (Å²) in [6.07, 6.45) is 7.23. The maximum atomic E-state index is 12.8. The Balaban J connectivity index is 1.20. The second-order valence-electron chi connectivity index (χ2n) is 14.3. The highest BCUT2D eigenvalue weighted by molar-refractivity contribution is 5.32. The zero-order chi connectivity index (χ0) is 26.4. The molecule has 6 aliphatic rings. The van der Waals surface area contributed by atoms with Crippen LogP contribution in [-0.4, -0.2) is 46.9 Å². The van der Waals surface area contributed by atoms with E-state index in [0.29, 0.717) is 48.3 Å². The summed E-state index contributed by atoms with van der Waals surface area (Å²) in [6.45, 7) is 8.54. The van der Waals surface area contributed by atoms with Gasteiger partial charge in [0.05, 0.1) is 31.0 Å². The Morgan fingerprint density at radius 2 is 1.56 bits per heavy atom. The van der Waals surface area contributed by atoms with E-state index in [1.165, 1.54) is 36.9 Å². The Kier molecular flexibility index (Phi) is 5.70. The molecule has 5 saturated carbocycles. The number of likely N-dealkylation sites (tertiary alicyclic amines) is 1. The number of fused-ring (bicyclic) bond motifs is 2. The van der Waals surface area contributed by atoms with Gasteiger partial charge in [-0.3, -0.25) is 4.90 Å². The summed E-state index contributed by atoms with van der Waals surface area (Å²) in [6, 6.07) is 21.8. The molecule has 1 saturated heterocycles. The summed E-state index contributed by atoms with van der Waals surface area (Å²) in [4.78, 5) is 2.81. The lowest BCUT2D eigenvalue weighted by atomic mass is 9.43. The molecule has 5 aliphatic carbocycles. The van der Waals surface area contributed by atoms with Crippen LogP contribution in [0.25, 0.3) is 0 Å². The first kappa shape index (κ1) is 25.0. The molecule has 39 heavy (non-hydrogen) atoms. The Bertz CT molecular complexity index is 1200. The SMILES string of the molecule is CCN1C[C@]2(C)CCC(OCc3ccccc3)[C@@]34[C@@H]5C[C@@H]6CC[C@](O)([C@@H](C[C@H]23)[C@@H]14)[C@H]5C6OCc1ccccc1. The van der Waals surface area contributed by atoms with Gasteiger partial charge in [0.1, 0.15) is 0 Å². The van der Waals surface area contributed by atoms with Crippen molar-refractivity contribution < 1.29 is 14.6 Å². The number of hydrogen-bond donors (Lipinski definition) is 1. The number of piperidine rings is 1. The van der Waals surface area contributed by atoms with Crippen molar-refractivity contribution >= 4 is 0 Å². The van der Waals surface area contributed by atoms with Crippen molar-refractivity contribution in [3.63, 3.8) is 0 Å². The molecule has 2 unspecified atom stereocenters. The van der Waals surface area contributed by atoms with E-state index < -0.39 is 5.60 Å². The highest BCUT2D eigenvalue weighted by Gasteiger charge is 2.82. The van der Waals surface area contributed by atoms with Crippen LogP contribution in [0.2, 0.25) is 0 Å². The van der Waals surface area contributed by atoms with Gasteiger partial charge in [-0.05, 0) is 79.4 Å². The zero-order valence-electron chi connectivity index (χ0n) is 23.7. The first-order valence-electron chi connectivity index (χ1n) is 15.8. The summed E-state index contributed by atoms with van der Waals surface area (Å²) in [5.74, 6) is 2.21. The predicted molar refractivity (Wildman–Crippen MR) is 152 cm³/mol. The molecule has 2 aromatic carbocycles. The van der Waals surface area contributed by atoms with Gasteiger partial charge < -0.3 is 14.6 Å². The quantitative estimate of drug-likeness (QED) is 0.474. The van der Waals surface area contributed by atoms with Crippen LogP contribution in [0.1, 0.15) is 63.5 Å². The number of nitrogens with zero attached hydrogens (tertiary/aromatic N) is 1. The molecule has 4 heteroatoms. The lowest BCUT2D eigenvalue weighted by Gasteiger charge is -2.69. The van der Waals surface area contributed by atoms with Gasteiger partial charge in [0.15, 0.2) is 0 Å². The van der Waals surface area contributed by atoms with Crippen LogP contribution < -0.4 is 0 Å². The lowest BCUT2D eigenvalue weighted by Crippen LogP contribution is -2.75. The Labute approximate surface area is 234 Å². The van der Waals surface area contributed by atoms with Crippen LogP contribution in [0.15, 0.2) is 60.7 Å². The highest BCUT2D eigenvalue weighted by atomic mass is 16.5. The van der Waals surface area contributed by atoms with E-state index in [0.717, 1.165) is 25.8 Å². The van der Waals surface area contributed by atoms with E-state index in [4.69, 9.17) is 9.47 Å². The van der Waals surface area contributed by atoms with E-state index in [9.17, 15) is 5.11 Å². The van der Waals surface area contributed by atoms with Gasteiger partial charge in [0.25, 0.3) is 0 Å². The fourth-order valence-corrected chi connectivity index (χ4v) is 11.7. The summed E-state index contributed by atoms with van der Waals surface area (Å²) in [5.41, 5.74) is 2.32. The third-order valence-corrected chi connectivity index (χ3v) is 12.9. The molecule has 2 aromatic rings. The minimum atomic E-state index is -0.616. The average Bonchev–Trinajstić information content (AvgIpc) is 3.41. The smallest absolute Gasteiger partial charge is 0.0746 e. The molecule has 11 atom stereocenters. The Morgan fingerprint density at radius 1 is 0.872 bits per heavy atom. The summed E-state index contributed by atoms with van der Waals surface area (Å²) < 4.78 is 14.0. The van der Waals surface area contributed by atoms with Crippen molar-refractivity contribution in [3.05, 3.63) is 71.8 Å². The monoisotopic (exact) mass is 527 g/mol. The summed E-state index contributed by atoms with van der Waals surface area (Å²) in [5, 5.41) is 12.8. The molecule has 0 amide bonds. The molecular weight excluding hydrogens is 482 g/mol. The molecule has 208 valence electrons. The summed E-state index contributed by atoms with van der Waals surface area (Å²) >= 11 is 0. The van der Waals surface area contributed by atoms with Gasteiger partial charge in [-0.15, -0.1) is 0 Å². The number of rotatable bonds is 7. The fourth-order valence-electron chi connectivity index (χ4n) is 11.7. The molecule has 7 bridgehead atoms. The van der Waals surface area contributed by atoms with Gasteiger partial charge >= 0.3 is 0 Å². The molecule has 0 radical (unpaired) electrons. The Morgan fingerprint density at radius 3 is 2.26 bits per heavy atom. The van der Waals surface area contributed by atoms with E-state index in [1.807, 2.05) is 0 Å². The van der Waals surface area contributed by atoms with Crippen molar-refractivity contribution in [2.75, 3.05) is 13.1 Å². The molecule has 1 spiro atoms. The maximum Gasteiger partial charge on any atom is 0.0746 e. The van der Waals surface area contributed by atoms with Crippen LogP contribution in [0, 0.1) is 40.4 Å². The standard InChI is InChI=1S/C35H45NO3/c1-3-36-22-33(2)16-15-29(38-20-23-10-6-4-7-11-23)35-26-18-25-14-17-34(37,27(32(35)36)19-28(33)35)30(26)31(25)39-21-24-12-8-5-9-13-24/h4-13,25-32,37H,3,14-22H2,1-2H3/t25-,26+,27-,28+,29?,30+,31?,32+,33-,34-,35+/m0/s1. The predicted octanol–water partition coefficient (Wildman–Crippen LogP) is 6.07. The second kappa shape index (κ2) is 8.89. The lowest BCUT2D eigenvalue weighted by molar-refractivity contribution is -0.273. The normalized spacial score (nSPS) is 47.4. The minimum absolute atomic E-state index is 0.116. The Hall–Kier alpha value is -1.72. The molecule has 6 fully saturated rings. The summed E-state index contributed by atoms with van der Waals surface area (Å²) in [7, 11) is 0. The van der Waals surface area contributed by atoms with Crippen LogP contribution in [0.4, 0.5) is 0 Å². The topological polar surface area (TPSA) is 41.9 Å². The molecule has 0 aromatic heterocycles. The molecule has 1 aliphatic heterocycles. The fraction of sp³-hybridized carbons (Fsp3) is 0.657. The largest absolute Gasteiger partial charge is 0.389 e. The van der Waals surface area contributed by atoms with E-state index in [-0.39, 0.29) is 23.5 Å². The minimum Gasteiger partial charge on any atom is -0.389 e. The van der Waals surface area contributed by atoms with E-state index >= 15 is 0 Å². The van der Waals surface area contributed by atoms with Crippen molar-refractivity contribution in [2.45, 2.75) is 89.4 Å². The van der Waals surface area contributed by atoms with Crippen molar-refractivity contribution in [2.24, 2.45) is 40.4 Å². The number of ether oxygens (including phenoxy) is 2. The maximum absolute atomic E-state index is 12.8. The van der Waals surface area contributed by atoms with Crippen LogP contribution in [0.5, 0.6) is 0 Å². The first-order valence-corrected chi connectivity index (χ1v) is 15.8. The average molecular weight is 528 g/mol. The van der Waals surface area contributed by atoms with Gasteiger partial charge in [0.2, 0.25) is 0 Å². The van der Waals surface area contributed by atoms with Gasteiger partial charge in [-0.25, -0.2) is 0 Å². The number of aliphatic hydroxyl groups is 1. The number of hydrogen-bond acceptors (Lipinski definition) is 4. The third kappa shape index (κ3) is 3.32. The van der Waals surface area contributed by atoms with Crippen molar-refractivity contribution in [1.29, 1.82) is 0 Å². The van der Waals surface area contributed by atoms with E-state index in [2.05, 4.69) is 79.4 Å². The van der Waals surface area contributed by atoms with Crippen molar-refractivity contribution in [3.8, 4) is 0 Å². The third-order valence-electron chi connectivity index (χ3n) is 12.9.